The summed E-state index contributed by atoms with van der Waals surface area (Å²) in [6.45, 7) is 0.915. The van der Waals surface area contributed by atoms with Crippen LogP contribution in [0.4, 0.5) is 10.1 Å². The molecule has 0 radical (unpaired) electrons. The molecule has 1 saturated heterocycles. The van der Waals surface area contributed by atoms with Gasteiger partial charge < -0.3 is 14.4 Å². The highest BCUT2D eigenvalue weighted by atomic mass is 19.1. The van der Waals surface area contributed by atoms with E-state index in [0.29, 0.717) is 31.5 Å². The Bertz CT molecular complexity index is 1110. The molecule has 4 rings (SSSR count). The number of carbonyl (C=O) groups is 2. The largest absolute Gasteiger partial charge is 0.422 e. The summed E-state index contributed by atoms with van der Waals surface area (Å²) in [6, 6.07) is 8.04. The first-order valence-electron chi connectivity index (χ1n) is 9.72. The number of halogens is 1. The molecule has 8 nitrogen and oxygen atoms in total. The molecule has 0 N–H and O–H groups in total. The van der Waals surface area contributed by atoms with E-state index in [0.717, 1.165) is 6.07 Å². The number of amides is 1. The van der Waals surface area contributed by atoms with Gasteiger partial charge in [0.2, 0.25) is 0 Å². The molecular formula is C22H19FN2O6. The lowest BCUT2D eigenvalue weighted by Gasteiger charge is -2.31. The van der Waals surface area contributed by atoms with Crippen molar-refractivity contribution in [3.8, 4) is 0 Å². The zero-order valence-electron chi connectivity index (χ0n) is 16.7. The Hall–Kier alpha value is -3.59. The van der Waals surface area contributed by atoms with E-state index >= 15 is 0 Å². The van der Waals surface area contributed by atoms with Crippen molar-refractivity contribution in [1.29, 1.82) is 0 Å². The smallest absolute Gasteiger partial charge is 0.344 e. The van der Waals surface area contributed by atoms with Crippen LogP contribution in [0, 0.1) is 15.9 Å². The van der Waals surface area contributed by atoms with Crippen molar-refractivity contribution in [1.82, 2.24) is 4.90 Å². The van der Waals surface area contributed by atoms with Crippen LogP contribution in [-0.4, -0.2) is 48.0 Å². The highest BCUT2D eigenvalue weighted by Gasteiger charge is 2.34. The molecule has 0 atom stereocenters. The second-order valence-electron chi connectivity index (χ2n) is 7.32. The third-order valence-corrected chi connectivity index (χ3v) is 5.49. The van der Waals surface area contributed by atoms with Crippen LogP contribution < -0.4 is 0 Å². The number of benzene rings is 2. The van der Waals surface area contributed by atoms with E-state index in [1.54, 1.807) is 12.0 Å². The van der Waals surface area contributed by atoms with Gasteiger partial charge in [-0.05, 0) is 42.7 Å². The number of nitro groups is 1. The molecule has 2 aliphatic heterocycles. The van der Waals surface area contributed by atoms with Crippen LogP contribution in [0.2, 0.25) is 0 Å². The minimum absolute atomic E-state index is 0.0155. The van der Waals surface area contributed by atoms with Gasteiger partial charge in [0.25, 0.3) is 11.6 Å². The first kappa shape index (κ1) is 20.7. The third-order valence-electron chi connectivity index (χ3n) is 5.49. The molecule has 1 fully saturated rings. The summed E-state index contributed by atoms with van der Waals surface area (Å²) in [7, 11) is 1.62. The molecule has 160 valence electrons. The van der Waals surface area contributed by atoms with E-state index in [1.165, 1.54) is 36.4 Å². The van der Waals surface area contributed by atoms with Gasteiger partial charge in [0.15, 0.2) is 0 Å². The SMILES string of the molecule is COC1CCN(C(=O)c2cc(/C=C3\OC(=O)c4cccc([N+](=O)[O-])c43)ccc2F)CC1. The van der Waals surface area contributed by atoms with E-state index < -0.39 is 22.6 Å². The minimum atomic E-state index is -0.704. The van der Waals surface area contributed by atoms with Gasteiger partial charge in [0.1, 0.15) is 17.1 Å². The maximum atomic E-state index is 14.4. The molecule has 0 spiro atoms. The average molecular weight is 426 g/mol. The van der Waals surface area contributed by atoms with Crippen LogP contribution in [0.3, 0.4) is 0 Å². The van der Waals surface area contributed by atoms with Gasteiger partial charge in [-0.1, -0.05) is 12.1 Å². The number of esters is 1. The summed E-state index contributed by atoms with van der Waals surface area (Å²) < 4.78 is 24.9. The van der Waals surface area contributed by atoms with Crippen LogP contribution >= 0.6 is 0 Å². The number of likely N-dealkylation sites (tertiary alicyclic amines) is 1. The monoisotopic (exact) mass is 426 g/mol. The molecule has 31 heavy (non-hydrogen) atoms. The van der Waals surface area contributed by atoms with E-state index in [4.69, 9.17) is 9.47 Å². The second-order valence-corrected chi connectivity index (χ2v) is 7.32. The number of methoxy groups -OCH3 is 1. The quantitative estimate of drug-likeness (QED) is 0.420. The Morgan fingerprint density at radius 1 is 1.29 bits per heavy atom. The van der Waals surface area contributed by atoms with Crippen LogP contribution in [0.5, 0.6) is 0 Å². The number of ether oxygens (including phenoxy) is 2. The van der Waals surface area contributed by atoms with Gasteiger partial charge >= 0.3 is 5.97 Å². The normalized spacial score (nSPS) is 17.5. The number of rotatable bonds is 4. The topological polar surface area (TPSA) is 99.0 Å². The highest BCUT2D eigenvalue weighted by Crippen LogP contribution is 2.37. The van der Waals surface area contributed by atoms with Crippen molar-refractivity contribution in [3.63, 3.8) is 0 Å². The van der Waals surface area contributed by atoms with Crippen LogP contribution in [-0.2, 0) is 9.47 Å². The third kappa shape index (κ3) is 3.91. The predicted octanol–water partition coefficient (Wildman–Crippen LogP) is 3.65. The number of nitrogens with zero attached hydrogens (tertiary/aromatic N) is 2. The number of piperidine rings is 1. The first-order valence-corrected chi connectivity index (χ1v) is 9.72. The molecule has 9 heteroatoms. The molecule has 2 aliphatic rings. The Morgan fingerprint density at radius 2 is 2.03 bits per heavy atom. The highest BCUT2D eigenvalue weighted by molar-refractivity contribution is 6.07. The van der Waals surface area contributed by atoms with Crippen molar-refractivity contribution in [2.75, 3.05) is 20.2 Å². The summed E-state index contributed by atoms with van der Waals surface area (Å²) in [5.74, 6) is -1.83. The number of hydrogen-bond donors (Lipinski definition) is 0. The fourth-order valence-corrected chi connectivity index (χ4v) is 3.84. The average Bonchev–Trinajstić information content (AvgIpc) is 3.10. The number of cyclic esters (lactones) is 1. The Morgan fingerprint density at radius 3 is 2.71 bits per heavy atom. The van der Waals surface area contributed by atoms with Crippen LogP contribution in [0.1, 0.15) is 44.7 Å². The molecule has 1 amide bonds. The van der Waals surface area contributed by atoms with Gasteiger partial charge in [-0.25, -0.2) is 9.18 Å². The fraction of sp³-hybridized carbons (Fsp3) is 0.273. The lowest BCUT2D eigenvalue weighted by Crippen LogP contribution is -2.40. The molecule has 2 heterocycles. The van der Waals surface area contributed by atoms with E-state index in [-0.39, 0.29) is 34.2 Å². The summed E-state index contributed by atoms with van der Waals surface area (Å²) >= 11 is 0. The van der Waals surface area contributed by atoms with Crippen molar-refractivity contribution in [2.24, 2.45) is 0 Å². The first-order chi connectivity index (χ1) is 14.9. The number of hydrogen-bond acceptors (Lipinski definition) is 6. The standard InChI is InChI=1S/C22H19FN2O6/c1-30-14-7-9-24(10-8-14)21(26)16-11-13(5-6-17(16)23)12-19-20-15(22(27)31-19)3-2-4-18(20)25(28)29/h2-6,11-12,14H,7-10H2,1H3/b19-12-. The van der Waals surface area contributed by atoms with Gasteiger partial charge in [-0.3, -0.25) is 14.9 Å². The summed E-state index contributed by atoms with van der Waals surface area (Å²) in [4.78, 5) is 37.3. The fourth-order valence-electron chi connectivity index (χ4n) is 3.84. The molecule has 2 aromatic rings. The summed E-state index contributed by atoms with van der Waals surface area (Å²) in [5, 5.41) is 11.4. The Kier molecular flexibility index (Phi) is 5.51. The van der Waals surface area contributed by atoms with Crippen molar-refractivity contribution in [3.05, 3.63) is 74.6 Å². The molecule has 0 aliphatic carbocycles. The molecule has 2 aromatic carbocycles. The van der Waals surface area contributed by atoms with Gasteiger partial charge in [-0.2, -0.15) is 0 Å². The number of nitro benzene ring substituents is 1. The van der Waals surface area contributed by atoms with Gasteiger partial charge in [-0.15, -0.1) is 0 Å². The maximum absolute atomic E-state index is 14.4. The van der Waals surface area contributed by atoms with E-state index in [2.05, 4.69) is 0 Å². The zero-order chi connectivity index (χ0) is 22.1. The maximum Gasteiger partial charge on any atom is 0.344 e. The van der Waals surface area contributed by atoms with Crippen LogP contribution in [0.15, 0.2) is 36.4 Å². The second kappa shape index (κ2) is 8.27. The van der Waals surface area contributed by atoms with Gasteiger partial charge in [0.05, 0.1) is 22.2 Å². The predicted molar refractivity (Wildman–Crippen MR) is 109 cm³/mol. The van der Waals surface area contributed by atoms with Crippen LogP contribution in [0.25, 0.3) is 11.8 Å². The van der Waals surface area contributed by atoms with Crippen molar-refractivity contribution < 1.29 is 28.4 Å². The Labute approximate surface area is 177 Å². The molecule has 0 aromatic heterocycles. The lowest BCUT2D eigenvalue weighted by molar-refractivity contribution is -0.385. The minimum Gasteiger partial charge on any atom is -0.422 e. The number of carbonyl (C=O) groups excluding carboxylic acids is 2. The molecular weight excluding hydrogens is 407 g/mol. The van der Waals surface area contributed by atoms with Gasteiger partial charge in [0, 0.05) is 26.3 Å². The van der Waals surface area contributed by atoms with Crippen molar-refractivity contribution in [2.45, 2.75) is 18.9 Å². The zero-order valence-corrected chi connectivity index (χ0v) is 16.7. The van der Waals surface area contributed by atoms with Crippen molar-refractivity contribution >= 4 is 29.4 Å². The molecule has 0 unspecified atom stereocenters. The summed E-state index contributed by atoms with van der Waals surface area (Å²) in [6.07, 6.45) is 2.82. The molecule has 0 bridgehead atoms. The summed E-state index contributed by atoms with van der Waals surface area (Å²) in [5.41, 5.74) is 0.146. The molecule has 0 saturated carbocycles. The lowest BCUT2D eigenvalue weighted by atomic mass is 10.0. The van der Waals surface area contributed by atoms with E-state index in [1.807, 2.05) is 0 Å². The number of fused-ring (bicyclic) bond motifs is 1. The Balaban J connectivity index is 1.66. The van der Waals surface area contributed by atoms with E-state index in [9.17, 15) is 24.1 Å².